The molecule has 0 bridgehead atoms. The van der Waals surface area contributed by atoms with Crippen LogP contribution in [0.15, 0.2) is 24.3 Å². The molecule has 1 aromatic rings. The van der Waals surface area contributed by atoms with Crippen molar-refractivity contribution in [2.75, 3.05) is 0 Å². The Morgan fingerprint density at radius 1 is 1.07 bits per heavy atom. The summed E-state index contributed by atoms with van der Waals surface area (Å²) in [5, 5.41) is 0. The van der Waals surface area contributed by atoms with E-state index in [2.05, 4.69) is 58.9 Å². The van der Waals surface area contributed by atoms with Crippen LogP contribution < -0.4 is 0 Å². The molecule has 0 aromatic heterocycles. The van der Waals surface area contributed by atoms with E-state index in [0.717, 1.165) is 0 Å². The van der Waals surface area contributed by atoms with E-state index in [1.54, 1.807) is 0 Å². The molecule has 1 nitrogen and oxygen atoms in total. The minimum Gasteiger partial charge on any atom is -0.371 e. The first-order chi connectivity index (χ1) is 6.88. The van der Waals surface area contributed by atoms with E-state index in [-0.39, 0.29) is 5.60 Å². The Hall–Kier alpha value is -0.820. The Balaban J connectivity index is 2.57. The topological polar surface area (TPSA) is 9.23 Å². The smallest absolute Gasteiger partial charge is 0.0724 e. The van der Waals surface area contributed by atoms with Crippen molar-refractivity contribution in [3.8, 4) is 0 Å². The van der Waals surface area contributed by atoms with Gasteiger partial charge in [-0.15, -0.1) is 0 Å². The van der Waals surface area contributed by atoms with Gasteiger partial charge in [-0.2, -0.15) is 0 Å². The molecule has 0 saturated heterocycles. The van der Waals surface area contributed by atoms with Crippen LogP contribution in [0.1, 0.15) is 51.7 Å². The van der Waals surface area contributed by atoms with Crippen LogP contribution in [0.5, 0.6) is 0 Å². The van der Waals surface area contributed by atoms with E-state index in [1.807, 2.05) is 0 Å². The fourth-order valence-corrected chi connectivity index (χ4v) is 1.30. The van der Waals surface area contributed by atoms with Gasteiger partial charge in [0, 0.05) is 0 Å². The van der Waals surface area contributed by atoms with Gasteiger partial charge in [0.05, 0.1) is 12.2 Å². The molecule has 1 rings (SSSR count). The Bertz CT molecular complexity index is 290. The molecule has 0 aliphatic rings. The summed E-state index contributed by atoms with van der Waals surface area (Å²) in [5.41, 5.74) is 2.57. The highest BCUT2D eigenvalue weighted by molar-refractivity contribution is 5.24. The zero-order valence-corrected chi connectivity index (χ0v) is 10.5. The first-order valence-electron chi connectivity index (χ1n) is 5.61. The fraction of sp³-hybridized carbons (Fsp3) is 0.571. The Morgan fingerprint density at radius 2 is 1.60 bits per heavy atom. The molecule has 0 spiro atoms. The van der Waals surface area contributed by atoms with Gasteiger partial charge in [0.2, 0.25) is 0 Å². The Labute approximate surface area is 93.5 Å². The van der Waals surface area contributed by atoms with Crippen LogP contribution in [0.2, 0.25) is 0 Å². The number of ether oxygens (including phenoxy) is 1. The maximum absolute atomic E-state index is 5.72. The lowest BCUT2D eigenvalue weighted by atomic mass is 10.0. The summed E-state index contributed by atoms with van der Waals surface area (Å²) < 4.78 is 5.72. The second-order valence-electron chi connectivity index (χ2n) is 5.30. The van der Waals surface area contributed by atoms with E-state index >= 15 is 0 Å². The van der Waals surface area contributed by atoms with E-state index < -0.39 is 0 Å². The first kappa shape index (κ1) is 12.3. The zero-order valence-electron chi connectivity index (χ0n) is 10.5. The SMILES string of the molecule is CC(C)c1ccc(COC(C)(C)C)cc1. The molecule has 15 heavy (non-hydrogen) atoms. The Kier molecular flexibility index (Phi) is 3.92. The summed E-state index contributed by atoms with van der Waals surface area (Å²) in [6, 6.07) is 8.68. The molecule has 0 atom stereocenters. The number of benzene rings is 1. The highest BCUT2D eigenvalue weighted by atomic mass is 16.5. The van der Waals surface area contributed by atoms with Gasteiger partial charge in [-0.05, 0) is 37.8 Å². The fourth-order valence-electron chi connectivity index (χ4n) is 1.30. The number of hydrogen-bond acceptors (Lipinski definition) is 1. The monoisotopic (exact) mass is 206 g/mol. The average molecular weight is 206 g/mol. The molecular formula is C14H22O. The second-order valence-corrected chi connectivity index (χ2v) is 5.30. The van der Waals surface area contributed by atoms with Crippen molar-refractivity contribution in [2.24, 2.45) is 0 Å². The quantitative estimate of drug-likeness (QED) is 0.722. The molecule has 0 radical (unpaired) electrons. The maximum atomic E-state index is 5.72. The van der Waals surface area contributed by atoms with Crippen LogP contribution in [0.3, 0.4) is 0 Å². The summed E-state index contributed by atoms with van der Waals surface area (Å²) in [7, 11) is 0. The van der Waals surface area contributed by atoms with E-state index in [4.69, 9.17) is 4.74 Å². The second kappa shape index (κ2) is 4.80. The average Bonchev–Trinajstić information content (AvgIpc) is 2.14. The minimum absolute atomic E-state index is 0.0588. The molecule has 0 saturated carbocycles. The molecule has 0 fully saturated rings. The third-order valence-electron chi connectivity index (χ3n) is 2.32. The minimum atomic E-state index is -0.0588. The van der Waals surface area contributed by atoms with Gasteiger partial charge >= 0.3 is 0 Å². The molecule has 0 amide bonds. The lowest BCUT2D eigenvalue weighted by Crippen LogP contribution is -2.18. The van der Waals surface area contributed by atoms with Crippen molar-refractivity contribution in [2.45, 2.75) is 52.7 Å². The molecule has 0 aliphatic heterocycles. The van der Waals surface area contributed by atoms with Crippen LogP contribution in [-0.2, 0) is 11.3 Å². The van der Waals surface area contributed by atoms with Gasteiger partial charge in [-0.1, -0.05) is 38.1 Å². The molecule has 0 unspecified atom stereocenters. The van der Waals surface area contributed by atoms with Crippen LogP contribution in [0, 0.1) is 0 Å². The molecule has 0 N–H and O–H groups in total. The largest absolute Gasteiger partial charge is 0.371 e. The molecule has 1 heteroatoms. The summed E-state index contributed by atoms with van der Waals surface area (Å²) in [6.07, 6.45) is 0. The zero-order chi connectivity index (χ0) is 11.5. The van der Waals surface area contributed by atoms with Crippen LogP contribution >= 0.6 is 0 Å². The van der Waals surface area contributed by atoms with Crippen molar-refractivity contribution in [1.29, 1.82) is 0 Å². The van der Waals surface area contributed by atoms with Crippen molar-refractivity contribution in [1.82, 2.24) is 0 Å². The molecule has 0 heterocycles. The predicted molar refractivity (Wildman–Crippen MR) is 65.1 cm³/mol. The summed E-state index contributed by atoms with van der Waals surface area (Å²) in [6.45, 7) is 11.4. The number of hydrogen-bond donors (Lipinski definition) is 0. The summed E-state index contributed by atoms with van der Waals surface area (Å²) >= 11 is 0. The highest BCUT2D eigenvalue weighted by Crippen LogP contribution is 2.16. The summed E-state index contributed by atoms with van der Waals surface area (Å²) in [4.78, 5) is 0. The highest BCUT2D eigenvalue weighted by Gasteiger charge is 2.09. The van der Waals surface area contributed by atoms with E-state index in [9.17, 15) is 0 Å². The van der Waals surface area contributed by atoms with Gasteiger partial charge in [0.25, 0.3) is 0 Å². The van der Waals surface area contributed by atoms with Gasteiger partial charge in [-0.3, -0.25) is 0 Å². The normalized spacial score (nSPS) is 12.1. The van der Waals surface area contributed by atoms with Crippen LogP contribution in [0.25, 0.3) is 0 Å². The Morgan fingerprint density at radius 3 is 2.00 bits per heavy atom. The van der Waals surface area contributed by atoms with Crippen molar-refractivity contribution >= 4 is 0 Å². The molecule has 84 valence electrons. The van der Waals surface area contributed by atoms with Crippen molar-refractivity contribution in [3.05, 3.63) is 35.4 Å². The van der Waals surface area contributed by atoms with Gasteiger partial charge in [-0.25, -0.2) is 0 Å². The molecule has 0 aliphatic carbocycles. The molecular weight excluding hydrogens is 184 g/mol. The lowest BCUT2D eigenvalue weighted by molar-refractivity contribution is -0.0149. The third kappa shape index (κ3) is 4.48. The van der Waals surface area contributed by atoms with Gasteiger partial charge < -0.3 is 4.74 Å². The standard InChI is InChI=1S/C14H22O/c1-11(2)13-8-6-12(7-9-13)10-15-14(3,4)5/h6-9,11H,10H2,1-5H3. The van der Waals surface area contributed by atoms with Gasteiger partial charge in [0.1, 0.15) is 0 Å². The van der Waals surface area contributed by atoms with Crippen molar-refractivity contribution in [3.63, 3.8) is 0 Å². The third-order valence-corrected chi connectivity index (χ3v) is 2.32. The van der Waals surface area contributed by atoms with E-state index in [0.29, 0.717) is 12.5 Å². The van der Waals surface area contributed by atoms with Gasteiger partial charge in [0.15, 0.2) is 0 Å². The van der Waals surface area contributed by atoms with Crippen LogP contribution in [-0.4, -0.2) is 5.60 Å². The van der Waals surface area contributed by atoms with E-state index in [1.165, 1.54) is 11.1 Å². The molecule has 1 aromatic carbocycles. The summed E-state index contributed by atoms with van der Waals surface area (Å²) in [5.74, 6) is 0.600. The lowest BCUT2D eigenvalue weighted by Gasteiger charge is -2.19. The number of rotatable bonds is 3. The van der Waals surface area contributed by atoms with Crippen molar-refractivity contribution < 1.29 is 4.74 Å². The predicted octanol–water partition coefficient (Wildman–Crippen LogP) is 4.13. The van der Waals surface area contributed by atoms with Crippen LogP contribution in [0.4, 0.5) is 0 Å². The first-order valence-corrected chi connectivity index (χ1v) is 5.61. The maximum Gasteiger partial charge on any atom is 0.0724 e.